The third kappa shape index (κ3) is 4.58. The number of benzene rings is 2. The highest BCUT2D eigenvalue weighted by atomic mass is 16.5. The fraction of sp³-hybridized carbons (Fsp3) is 0.0625. The molecule has 0 aliphatic carbocycles. The first-order valence-corrected chi connectivity index (χ1v) is 6.32. The van der Waals surface area contributed by atoms with E-state index in [1.165, 1.54) is 13.1 Å². The van der Waals surface area contributed by atoms with Crippen molar-refractivity contribution in [2.45, 2.75) is 6.92 Å². The zero-order valence-corrected chi connectivity index (χ0v) is 11.4. The highest BCUT2D eigenvalue weighted by Crippen LogP contribution is 2.13. The SMILES string of the molecule is CC(=O)NN=Cc1ccc(OC(=O)c2ccccc2)cc1. The minimum absolute atomic E-state index is 0.236. The number of carbonyl (C=O) groups is 2. The van der Waals surface area contributed by atoms with Gasteiger partial charge in [0.1, 0.15) is 5.75 Å². The summed E-state index contributed by atoms with van der Waals surface area (Å²) in [4.78, 5) is 22.5. The Kier molecular flexibility index (Phi) is 4.82. The van der Waals surface area contributed by atoms with Crippen molar-refractivity contribution in [2.75, 3.05) is 0 Å². The van der Waals surface area contributed by atoms with Gasteiger partial charge in [0.2, 0.25) is 5.91 Å². The maximum Gasteiger partial charge on any atom is 0.343 e. The monoisotopic (exact) mass is 282 g/mol. The van der Waals surface area contributed by atoms with Gasteiger partial charge in [-0.15, -0.1) is 0 Å². The second-order valence-corrected chi connectivity index (χ2v) is 4.25. The van der Waals surface area contributed by atoms with Gasteiger partial charge in [-0.25, -0.2) is 10.2 Å². The molecule has 2 rings (SSSR count). The highest BCUT2D eigenvalue weighted by molar-refractivity contribution is 5.91. The number of esters is 1. The molecule has 5 nitrogen and oxygen atoms in total. The van der Waals surface area contributed by atoms with Crippen molar-refractivity contribution in [3.8, 4) is 5.75 Å². The first kappa shape index (κ1) is 14.5. The van der Waals surface area contributed by atoms with Gasteiger partial charge in [-0.3, -0.25) is 4.79 Å². The molecule has 0 heterocycles. The summed E-state index contributed by atoms with van der Waals surface area (Å²) in [5, 5.41) is 3.75. The Morgan fingerprint density at radius 3 is 2.33 bits per heavy atom. The summed E-state index contributed by atoms with van der Waals surface area (Å²) >= 11 is 0. The topological polar surface area (TPSA) is 67.8 Å². The Labute approximate surface area is 122 Å². The molecule has 1 amide bonds. The molecule has 2 aromatic rings. The number of hydrogen-bond donors (Lipinski definition) is 1. The van der Waals surface area contributed by atoms with E-state index in [0.717, 1.165) is 5.56 Å². The molecule has 106 valence electrons. The lowest BCUT2D eigenvalue weighted by Gasteiger charge is -2.04. The summed E-state index contributed by atoms with van der Waals surface area (Å²) in [7, 11) is 0. The Morgan fingerprint density at radius 1 is 1.05 bits per heavy atom. The number of amides is 1. The predicted octanol–water partition coefficient (Wildman–Crippen LogP) is 2.38. The van der Waals surface area contributed by atoms with Crippen molar-refractivity contribution in [1.29, 1.82) is 0 Å². The fourth-order valence-electron chi connectivity index (χ4n) is 1.56. The molecule has 0 aliphatic heterocycles. The molecule has 21 heavy (non-hydrogen) atoms. The number of ether oxygens (including phenoxy) is 1. The first-order valence-electron chi connectivity index (χ1n) is 6.32. The summed E-state index contributed by atoms with van der Waals surface area (Å²) in [5.74, 6) is -0.199. The van der Waals surface area contributed by atoms with Gasteiger partial charge in [-0.2, -0.15) is 5.10 Å². The van der Waals surface area contributed by atoms with Gasteiger partial charge in [0, 0.05) is 6.92 Å². The highest BCUT2D eigenvalue weighted by Gasteiger charge is 2.07. The molecule has 5 heteroatoms. The van der Waals surface area contributed by atoms with Crippen LogP contribution >= 0.6 is 0 Å². The number of carbonyl (C=O) groups excluding carboxylic acids is 2. The van der Waals surface area contributed by atoms with Crippen LogP contribution < -0.4 is 10.2 Å². The minimum atomic E-state index is -0.407. The molecule has 0 radical (unpaired) electrons. The molecule has 0 fully saturated rings. The van der Waals surface area contributed by atoms with E-state index in [9.17, 15) is 9.59 Å². The first-order chi connectivity index (χ1) is 10.1. The van der Waals surface area contributed by atoms with Crippen LogP contribution in [0.15, 0.2) is 59.7 Å². The lowest BCUT2D eigenvalue weighted by molar-refractivity contribution is -0.118. The molecule has 0 aromatic heterocycles. The van der Waals surface area contributed by atoms with Crippen molar-refractivity contribution >= 4 is 18.1 Å². The predicted molar refractivity (Wildman–Crippen MR) is 79.3 cm³/mol. The molecule has 0 atom stereocenters. The smallest absolute Gasteiger partial charge is 0.343 e. The van der Waals surface area contributed by atoms with Crippen LogP contribution in [0.2, 0.25) is 0 Å². The van der Waals surface area contributed by atoms with E-state index in [2.05, 4.69) is 10.5 Å². The third-order valence-electron chi connectivity index (χ3n) is 2.54. The zero-order valence-electron chi connectivity index (χ0n) is 11.4. The van der Waals surface area contributed by atoms with Crippen molar-refractivity contribution in [3.63, 3.8) is 0 Å². The van der Waals surface area contributed by atoms with Crippen LogP contribution in [0.4, 0.5) is 0 Å². The molecular formula is C16H14N2O3. The Hall–Kier alpha value is -2.95. The molecule has 0 bridgehead atoms. The normalized spacial score (nSPS) is 10.3. The van der Waals surface area contributed by atoms with Gasteiger partial charge in [-0.05, 0) is 42.0 Å². The molecule has 2 aromatic carbocycles. The quantitative estimate of drug-likeness (QED) is 0.405. The lowest BCUT2D eigenvalue weighted by atomic mass is 10.2. The van der Waals surface area contributed by atoms with E-state index in [0.29, 0.717) is 11.3 Å². The number of hydrazone groups is 1. The molecule has 0 saturated heterocycles. The molecule has 0 spiro atoms. The van der Waals surface area contributed by atoms with Crippen LogP contribution in [0.25, 0.3) is 0 Å². The molecule has 0 unspecified atom stereocenters. The van der Waals surface area contributed by atoms with Gasteiger partial charge in [0.25, 0.3) is 0 Å². The number of rotatable bonds is 4. The van der Waals surface area contributed by atoms with Gasteiger partial charge in [0.05, 0.1) is 11.8 Å². The average Bonchev–Trinajstić information content (AvgIpc) is 2.49. The van der Waals surface area contributed by atoms with Crippen LogP contribution in [0.1, 0.15) is 22.8 Å². The van der Waals surface area contributed by atoms with E-state index in [1.807, 2.05) is 6.07 Å². The van der Waals surface area contributed by atoms with Crippen molar-refractivity contribution in [1.82, 2.24) is 5.43 Å². The second-order valence-electron chi connectivity index (χ2n) is 4.25. The molecular weight excluding hydrogens is 268 g/mol. The van der Waals surface area contributed by atoms with E-state index < -0.39 is 5.97 Å². The molecule has 1 N–H and O–H groups in total. The van der Waals surface area contributed by atoms with Crippen LogP contribution in [0.5, 0.6) is 5.75 Å². The summed E-state index contributed by atoms with van der Waals surface area (Å²) in [6.07, 6.45) is 1.50. The zero-order chi connectivity index (χ0) is 15.1. The van der Waals surface area contributed by atoms with Crippen LogP contribution in [-0.4, -0.2) is 18.1 Å². The van der Waals surface area contributed by atoms with Gasteiger partial charge in [-0.1, -0.05) is 18.2 Å². The van der Waals surface area contributed by atoms with Gasteiger partial charge >= 0.3 is 5.97 Å². The van der Waals surface area contributed by atoms with Gasteiger partial charge < -0.3 is 4.74 Å². The number of nitrogens with zero attached hydrogens (tertiary/aromatic N) is 1. The second kappa shape index (κ2) is 7.00. The van der Waals surface area contributed by atoms with Crippen molar-refractivity contribution in [3.05, 3.63) is 65.7 Å². The Bertz CT molecular complexity index is 649. The van der Waals surface area contributed by atoms with E-state index in [1.54, 1.807) is 48.5 Å². The average molecular weight is 282 g/mol. The largest absolute Gasteiger partial charge is 0.423 e. The fourth-order valence-corrected chi connectivity index (χ4v) is 1.56. The molecule has 0 aliphatic rings. The number of hydrogen-bond acceptors (Lipinski definition) is 4. The van der Waals surface area contributed by atoms with Crippen LogP contribution in [0, 0.1) is 0 Å². The lowest BCUT2D eigenvalue weighted by Crippen LogP contribution is -2.12. The van der Waals surface area contributed by atoms with E-state index in [4.69, 9.17) is 4.74 Å². The maximum atomic E-state index is 11.8. The summed E-state index contributed by atoms with van der Waals surface area (Å²) < 4.78 is 5.24. The Balaban J connectivity index is 1.98. The molecule has 0 saturated carbocycles. The third-order valence-corrected chi connectivity index (χ3v) is 2.54. The van der Waals surface area contributed by atoms with Crippen LogP contribution in [0.3, 0.4) is 0 Å². The Morgan fingerprint density at radius 2 is 1.71 bits per heavy atom. The minimum Gasteiger partial charge on any atom is -0.423 e. The van der Waals surface area contributed by atoms with Crippen LogP contribution in [-0.2, 0) is 4.79 Å². The van der Waals surface area contributed by atoms with Crippen molar-refractivity contribution < 1.29 is 14.3 Å². The number of nitrogens with one attached hydrogen (secondary N) is 1. The maximum absolute atomic E-state index is 11.8. The summed E-state index contributed by atoms with van der Waals surface area (Å²) in [6, 6.07) is 15.6. The van der Waals surface area contributed by atoms with E-state index >= 15 is 0 Å². The summed E-state index contributed by atoms with van der Waals surface area (Å²) in [5.41, 5.74) is 3.58. The van der Waals surface area contributed by atoms with E-state index in [-0.39, 0.29) is 5.91 Å². The van der Waals surface area contributed by atoms with Gasteiger partial charge in [0.15, 0.2) is 0 Å². The summed E-state index contributed by atoms with van der Waals surface area (Å²) in [6.45, 7) is 1.38. The standard InChI is InChI=1S/C16H14N2O3/c1-12(19)18-17-11-13-7-9-15(10-8-13)21-16(20)14-5-3-2-4-6-14/h2-11H,1H3,(H,18,19). The van der Waals surface area contributed by atoms with Crippen molar-refractivity contribution in [2.24, 2.45) is 5.10 Å².